The van der Waals surface area contributed by atoms with Crippen molar-refractivity contribution in [3.63, 3.8) is 0 Å². The number of hydrogen-bond donors (Lipinski definition) is 1. The third-order valence-electron chi connectivity index (χ3n) is 3.47. The van der Waals surface area contributed by atoms with Gasteiger partial charge in [-0.2, -0.15) is 0 Å². The van der Waals surface area contributed by atoms with Crippen LogP contribution in [0.3, 0.4) is 0 Å². The molecule has 2 aromatic heterocycles. The summed E-state index contributed by atoms with van der Waals surface area (Å²) in [5, 5.41) is 0. The molecule has 1 unspecified atom stereocenters. The van der Waals surface area contributed by atoms with Crippen molar-refractivity contribution in [2.24, 2.45) is 11.7 Å². The van der Waals surface area contributed by atoms with Crippen molar-refractivity contribution in [2.75, 3.05) is 6.54 Å². The molecule has 0 spiro atoms. The molecule has 1 aliphatic carbocycles. The second-order valence-corrected chi connectivity index (χ2v) is 4.65. The number of nitrogens with two attached hydrogens (primary N) is 1. The number of rotatable bonds is 2. The Bertz CT molecular complexity index is 504. The van der Waals surface area contributed by atoms with E-state index >= 15 is 0 Å². The number of aryl methyl sites for hydroxylation is 1. The quantitative estimate of drug-likeness (QED) is 0.858. The highest BCUT2D eigenvalue weighted by molar-refractivity contribution is 5.57. The van der Waals surface area contributed by atoms with Gasteiger partial charge in [0.15, 0.2) is 0 Å². The van der Waals surface area contributed by atoms with Gasteiger partial charge in [-0.3, -0.25) is 4.98 Å². The van der Waals surface area contributed by atoms with Crippen molar-refractivity contribution in [1.82, 2.24) is 4.98 Å². The fourth-order valence-corrected chi connectivity index (χ4v) is 2.43. The van der Waals surface area contributed by atoms with E-state index < -0.39 is 0 Å². The minimum atomic E-state index is 0.579. The van der Waals surface area contributed by atoms with Gasteiger partial charge < -0.3 is 10.2 Å². The van der Waals surface area contributed by atoms with E-state index in [0.29, 0.717) is 5.92 Å². The van der Waals surface area contributed by atoms with Gasteiger partial charge in [0.2, 0.25) is 0 Å². The summed E-state index contributed by atoms with van der Waals surface area (Å²) < 4.78 is 5.93. The molecule has 0 amide bonds. The molecule has 0 saturated carbocycles. The lowest BCUT2D eigenvalue weighted by Crippen LogP contribution is -2.21. The van der Waals surface area contributed by atoms with Crippen molar-refractivity contribution in [3.05, 3.63) is 41.9 Å². The summed E-state index contributed by atoms with van der Waals surface area (Å²) >= 11 is 0. The molecule has 88 valence electrons. The highest BCUT2D eigenvalue weighted by Gasteiger charge is 2.22. The normalized spacial score (nSPS) is 19.0. The summed E-state index contributed by atoms with van der Waals surface area (Å²) in [6.45, 7) is 0.752. The highest BCUT2D eigenvalue weighted by atomic mass is 16.3. The first-order valence-corrected chi connectivity index (χ1v) is 6.09. The lowest BCUT2D eigenvalue weighted by Gasteiger charge is -2.18. The predicted octanol–water partition coefficient (Wildman–Crippen LogP) is 2.41. The maximum atomic E-state index is 5.93. The van der Waals surface area contributed by atoms with Crippen LogP contribution in [0.2, 0.25) is 0 Å². The Balaban J connectivity index is 1.93. The monoisotopic (exact) mass is 228 g/mol. The fourth-order valence-electron chi connectivity index (χ4n) is 2.43. The molecular formula is C14H16N2O. The van der Waals surface area contributed by atoms with Crippen LogP contribution in [0.15, 0.2) is 35.0 Å². The van der Waals surface area contributed by atoms with E-state index in [1.807, 2.05) is 18.3 Å². The van der Waals surface area contributed by atoms with Gasteiger partial charge in [-0.1, -0.05) is 0 Å². The van der Waals surface area contributed by atoms with Crippen LogP contribution in [-0.2, 0) is 12.8 Å². The van der Waals surface area contributed by atoms with Crippen LogP contribution in [0.1, 0.15) is 17.7 Å². The van der Waals surface area contributed by atoms with Gasteiger partial charge in [-0.05, 0) is 49.1 Å². The smallest absolute Gasteiger partial charge is 0.136 e. The Morgan fingerprint density at radius 3 is 3.18 bits per heavy atom. The highest BCUT2D eigenvalue weighted by Crippen LogP contribution is 2.32. The van der Waals surface area contributed by atoms with E-state index in [1.165, 1.54) is 12.0 Å². The third-order valence-corrected chi connectivity index (χ3v) is 3.47. The molecule has 17 heavy (non-hydrogen) atoms. The lowest BCUT2D eigenvalue weighted by atomic mass is 9.88. The topological polar surface area (TPSA) is 52.0 Å². The van der Waals surface area contributed by atoms with Crippen LogP contribution in [0, 0.1) is 5.92 Å². The standard InChI is InChI=1S/C14H16N2O/c15-8-10-3-4-11-7-14(17-13(11)6-10)12-2-1-5-16-9-12/h1-2,5,7,9-10H,3-4,6,8,15H2. The van der Waals surface area contributed by atoms with Gasteiger partial charge in [0.1, 0.15) is 11.5 Å². The SMILES string of the molecule is NCC1CCc2cc(-c3cccnc3)oc2C1. The number of furan rings is 1. The number of pyridine rings is 1. The van der Waals surface area contributed by atoms with Crippen LogP contribution in [-0.4, -0.2) is 11.5 Å². The maximum absolute atomic E-state index is 5.93. The molecular weight excluding hydrogens is 212 g/mol. The Morgan fingerprint density at radius 2 is 2.41 bits per heavy atom. The third kappa shape index (κ3) is 1.98. The molecule has 2 aromatic rings. The minimum Gasteiger partial charge on any atom is -0.461 e. The zero-order chi connectivity index (χ0) is 11.7. The van der Waals surface area contributed by atoms with E-state index in [2.05, 4.69) is 11.1 Å². The summed E-state index contributed by atoms with van der Waals surface area (Å²) in [5.74, 6) is 2.63. The Hall–Kier alpha value is -1.61. The van der Waals surface area contributed by atoms with Crippen LogP contribution < -0.4 is 5.73 Å². The van der Waals surface area contributed by atoms with Crippen molar-refractivity contribution >= 4 is 0 Å². The van der Waals surface area contributed by atoms with E-state index in [4.69, 9.17) is 10.2 Å². The summed E-state index contributed by atoms with van der Waals surface area (Å²) in [7, 11) is 0. The van der Waals surface area contributed by atoms with Crippen LogP contribution in [0.25, 0.3) is 11.3 Å². The molecule has 3 heteroatoms. The first kappa shape index (κ1) is 10.5. The first-order valence-electron chi connectivity index (χ1n) is 6.09. The largest absolute Gasteiger partial charge is 0.461 e. The van der Waals surface area contributed by atoms with E-state index in [1.54, 1.807) is 6.20 Å². The van der Waals surface area contributed by atoms with Gasteiger partial charge in [0.05, 0.1) is 0 Å². The molecule has 0 fully saturated rings. The zero-order valence-corrected chi connectivity index (χ0v) is 9.73. The zero-order valence-electron chi connectivity index (χ0n) is 9.73. The molecule has 2 N–H and O–H groups in total. The van der Waals surface area contributed by atoms with Crippen molar-refractivity contribution in [3.8, 4) is 11.3 Å². The fraction of sp³-hybridized carbons (Fsp3) is 0.357. The predicted molar refractivity (Wildman–Crippen MR) is 66.5 cm³/mol. The number of fused-ring (bicyclic) bond motifs is 1. The van der Waals surface area contributed by atoms with E-state index in [9.17, 15) is 0 Å². The Kier molecular flexibility index (Phi) is 2.69. The first-order chi connectivity index (χ1) is 8.36. The van der Waals surface area contributed by atoms with Crippen LogP contribution >= 0.6 is 0 Å². The molecule has 1 aliphatic rings. The average molecular weight is 228 g/mol. The van der Waals surface area contributed by atoms with Crippen molar-refractivity contribution in [1.29, 1.82) is 0 Å². The van der Waals surface area contributed by atoms with Gasteiger partial charge in [0.25, 0.3) is 0 Å². The second-order valence-electron chi connectivity index (χ2n) is 4.65. The van der Waals surface area contributed by atoms with E-state index in [-0.39, 0.29) is 0 Å². The van der Waals surface area contributed by atoms with Crippen LogP contribution in [0.5, 0.6) is 0 Å². The molecule has 1 atom stereocenters. The summed E-state index contributed by atoms with van der Waals surface area (Å²) in [4.78, 5) is 4.12. The molecule has 0 saturated heterocycles. The Labute approximate surface area is 101 Å². The molecule has 3 nitrogen and oxygen atoms in total. The van der Waals surface area contributed by atoms with Gasteiger partial charge in [0, 0.05) is 24.4 Å². The molecule has 0 bridgehead atoms. The molecule has 3 rings (SSSR count). The van der Waals surface area contributed by atoms with Crippen molar-refractivity contribution < 1.29 is 4.42 Å². The maximum Gasteiger partial charge on any atom is 0.136 e. The Morgan fingerprint density at radius 1 is 1.47 bits per heavy atom. The number of aromatic nitrogens is 1. The van der Waals surface area contributed by atoms with Crippen molar-refractivity contribution in [2.45, 2.75) is 19.3 Å². The minimum absolute atomic E-state index is 0.579. The van der Waals surface area contributed by atoms with E-state index in [0.717, 1.165) is 36.5 Å². The average Bonchev–Trinajstić information content (AvgIpc) is 2.82. The van der Waals surface area contributed by atoms with Crippen LogP contribution in [0.4, 0.5) is 0 Å². The molecule has 0 aliphatic heterocycles. The molecule has 0 aromatic carbocycles. The summed E-state index contributed by atoms with van der Waals surface area (Å²) in [5.41, 5.74) is 8.12. The summed E-state index contributed by atoms with van der Waals surface area (Å²) in [6, 6.07) is 6.11. The number of hydrogen-bond acceptors (Lipinski definition) is 3. The second kappa shape index (κ2) is 4.34. The van der Waals surface area contributed by atoms with Gasteiger partial charge in [-0.15, -0.1) is 0 Å². The summed E-state index contributed by atoms with van der Waals surface area (Å²) in [6.07, 6.45) is 6.85. The van der Waals surface area contributed by atoms with Gasteiger partial charge >= 0.3 is 0 Å². The molecule has 0 radical (unpaired) electrons. The molecule has 2 heterocycles. The number of nitrogens with zero attached hydrogens (tertiary/aromatic N) is 1. The lowest BCUT2D eigenvalue weighted by molar-refractivity contribution is 0.401. The van der Waals surface area contributed by atoms with Gasteiger partial charge in [-0.25, -0.2) is 0 Å².